The van der Waals surface area contributed by atoms with Crippen LogP contribution in [0.4, 0.5) is 5.69 Å². The monoisotopic (exact) mass is 186 g/mol. The van der Waals surface area contributed by atoms with Gasteiger partial charge in [0, 0.05) is 5.56 Å². The predicted octanol–water partition coefficient (Wildman–Crippen LogP) is 2.26. The van der Waals surface area contributed by atoms with Crippen molar-refractivity contribution in [3.05, 3.63) is 32.6 Å². The van der Waals surface area contributed by atoms with Crippen molar-refractivity contribution in [1.82, 2.24) is 4.98 Å². The molecule has 1 rings (SSSR count). The van der Waals surface area contributed by atoms with Crippen LogP contribution in [-0.2, 0) is 0 Å². The maximum atomic E-state index is 10.4. The molecule has 0 saturated heterocycles. The second-order valence-electron chi connectivity index (χ2n) is 2.42. The Balaban J connectivity index is 3.36. The number of aromatic nitrogens is 1. The maximum Gasteiger partial charge on any atom is 0.291 e. The number of hydrogen-bond acceptors (Lipinski definition) is 3. The Morgan fingerprint density at radius 1 is 1.58 bits per heavy atom. The highest BCUT2D eigenvalue weighted by atomic mass is 35.5. The number of halogens is 1. The quantitative estimate of drug-likeness (QED) is 0.499. The van der Waals surface area contributed by atoms with Crippen LogP contribution in [-0.4, -0.2) is 9.91 Å². The van der Waals surface area contributed by atoms with Gasteiger partial charge in [-0.2, -0.15) is 0 Å². The Morgan fingerprint density at radius 3 is 2.67 bits per heavy atom. The molecule has 1 aromatic rings. The standard InChI is InChI=1S/C7H7ClN2O2/c1-4-6(10(11)12)3-9-5(2)7(4)8/h3H,1-2H3. The first kappa shape index (κ1) is 8.93. The normalized spacial score (nSPS) is 9.92. The molecule has 1 aromatic heterocycles. The molecule has 0 bridgehead atoms. The Bertz CT molecular complexity index is 338. The Hall–Kier alpha value is -1.16. The van der Waals surface area contributed by atoms with E-state index in [-0.39, 0.29) is 5.69 Å². The van der Waals surface area contributed by atoms with Gasteiger partial charge in [-0.1, -0.05) is 11.6 Å². The third-order valence-corrected chi connectivity index (χ3v) is 2.17. The summed E-state index contributed by atoms with van der Waals surface area (Å²) < 4.78 is 0. The summed E-state index contributed by atoms with van der Waals surface area (Å²) in [5.41, 5.74) is 1.04. The molecule has 0 aliphatic carbocycles. The van der Waals surface area contributed by atoms with E-state index in [1.54, 1.807) is 13.8 Å². The number of pyridine rings is 1. The van der Waals surface area contributed by atoms with E-state index in [1.165, 1.54) is 6.20 Å². The molecule has 0 aliphatic rings. The van der Waals surface area contributed by atoms with Crippen LogP contribution in [0.15, 0.2) is 6.20 Å². The first-order chi connectivity index (χ1) is 5.54. The maximum absolute atomic E-state index is 10.4. The highest BCUT2D eigenvalue weighted by Crippen LogP contribution is 2.25. The lowest BCUT2D eigenvalue weighted by atomic mass is 10.2. The van der Waals surface area contributed by atoms with Gasteiger partial charge in [-0.15, -0.1) is 0 Å². The van der Waals surface area contributed by atoms with Crippen molar-refractivity contribution < 1.29 is 4.92 Å². The summed E-state index contributed by atoms with van der Waals surface area (Å²) in [5, 5.41) is 10.8. The zero-order chi connectivity index (χ0) is 9.30. The summed E-state index contributed by atoms with van der Waals surface area (Å²) in [7, 11) is 0. The first-order valence-corrected chi connectivity index (χ1v) is 3.68. The summed E-state index contributed by atoms with van der Waals surface area (Å²) in [5.74, 6) is 0. The molecule has 64 valence electrons. The molecule has 1 heterocycles. The third kappa shape index (κ3) is 1.38. The lowest BCUT2D eigenvalue weighted by Crippen LogP contribution is -1.95. The van der Waals surface area contributed by atoms with Crippen molar-refractivity contribution in [2.24, 2.45) is 0 Å². The topological polar surface area (TPSA) is 56.0 Å². The van der Waals surface area contributed by atoms with Gasteiger partial charge in [0.2, 0.25) is 0 Å². The lowest BCUT2D eigenvalue weighted by molar-refractivity contribution is -0.385. The van der Waals surface area contributed by atoms with Crippen molar-refractivity contribution in [2.75, 3.05) is 0 Å². The lowest BCUT2D eigenvalue weighted by Gasteiger charge is -2.00. The van der Waals surface area contributed by atoms with E-state index in [0.29, 0.717) is 16.3 Å². The van der Waals surface area contributed by atoms with Gasteiger partial charge in [0.15, 0.2) is 0 Å². The molecule has 0 aliphatic heterocycles. The van der Waals surface area contributed by atoms with Crippen molar-refractivity contribution in [3.8, 4) is 0 Å². The number of nitrogens with zero attached hydrogens (tertiary/aromatic N) is 2. The minimum atomic E-state index is -0.492. The predicted molar refractivity (Wildman–Crippen MR) is 45.4 cm³/mol. The van der Waals surface area contributed by atoms with Crippen LogP contribution in [0.2, 0.25) is 5.02 Å². The largest absolute Gasteiger partial charge is 0.291 e. The molecule has 0 unspecified atom stereocenters. The van der Waals surface area contributed by atoms with Gasteiger partial charge in [0.1, 0.15) is 6.20 Å². The fourth-order valence-corrected chi connectivity index (χ4v) is 1.02. The van der Waals surface area contributed by atoms with E-state index in [4.69, 9.17) is 11.6 Å². The minimum Gasteiger partial charge on any atom is -0.258 e. The average molecular weight is 187 g/mol. The average Bonchev–Trinajstić information content (AvgIpc) is 2.00. The van der Waals surface area contributed by atoms with Gasteiger partial charge < -0.3 is 0 Å². The molecule has 0 N–H and O–H groups in total. The molecule has 0 spiro atoms. The molecule has 5 heteroatoms. The number of aryl methyl sites for hydroxylation is 1. The zero-order valence-corrected chi connectivity index (χ0v) is 7.42. The Labute approximate surface area is 74.3 Å². The molecule has 0 amide bonds. The van der Waals surface area contributed by atoms with E-state index in [2.05, 4.69) is 4.98 Å². The van der Waals surface area contributed by atoms with Crippen LogP contribution in [0.25, 0.3) is 0 Å². The second-order valence-corrected chi connectivity index (χ2v) is 2.80. The molecule has 0 saturated carbocycles. The van der Waals surface area contributed by atoms with E-state index in [0.717, 1.165) is 0 Å². The molecule has 0 aromatic carbocycles. The van der Waals surface area contributed by atoms with Crippen molar-refractivity contribution in [2.45, 2.75) is 13.8 Å². The van der Waals surface area contributed by atoms with Crippen LogP contribution in [0.5, 0.6) is 0 Å². The number of nitro groups is 1. The fourth-order valence-electron chi connectivity index (χ4n) is 0.879. The SMILES string of the molecule is Cc1ncc([N+](=O)[O-])c(C)c1Cl. The van der Waals surface area contributed by atoms with Crippen molar-refractivity contribution in [1.29, 1.82) is 0 Å². The van der Waals surface area contributed by atoms with Gasteiger partial charge in [0.05, 0.1) is 15.6 Å². The van der Waals surface area contributed by atoms with E-state index in [9.17, 15) is 10.1 Å². The Morgan fingerprint density at radius 2 is 2.17 bits per heavy atom. The molecular weight excluding hydrogens is 180 g/mol. The first-order valence-electron chi connectivity index (χ1n) is 3.30. The molecule has 4 nitrogen and oxygen atoms in total. The van der Waals surface area contributed by atoms with E-state index >= 15 is 0 Å². The van der Waals surface area contributed by atoms with Crippen molar-refractivity contribution >= 4 is 17.3 Å². The second kappa shape index (κ2) is 3.06. The van der Waals surface area contributed by atoms with E-state index in [1.807, 2.05) is 0 Å². The molecule has 0 atom stereocenters. The van der Waals surface area contributed by atoms with E-state index < -0.39 is 4.92 Å². The van der Waals surface area contributed by atoms with Gasteiger partial charge in [-0.25, -0.2) is 0 Å². The minimum absolute atomic E-state index is 0.0365. The van der Waals surface area contributed by atoms with Crippen LogP contribution >= 0.6 is 11.6 Å². The summed E-state index contributed by atoms with van der Waals surface area (Å²) in [6.07, 6.45) is 1.22. The molecular formula is C7H7ClN2O2. The highest BCUT2D eigenvalue weighted by molar-refractivity contribution is 6.32. The molecule has 0 radical (unpaired) electrons. The fraction of sp³-hybridized carbons (Fsp3) is 0.286. The number of hydrogen-bond donors (Lipinski definition) is 0. The van der Waals surface area contributed by atoms with Crippen LogP contribution in [0, 0.1) is 24.0 Å². The smallest absolute Gasteiger partial charge is 0.258 e. The van der Waals surface area contributed by atoms with Gasteiger partial charge in [0.25, 0.3) is 5.69 Å². The summed E-state index contributed by atoms with van der Waals surface area (Å²) in [4.78, 5) is 13.7. The van der Waals surface area contributed by atoms with Crippen LogP contribution in [0.1, 0.15) is 11.3 Å². The number of rotatable bonds is 1. The summed E-state index contributed by atoms with van der Waals surface area (Å²) in [6.45, 7) is 3.31. The Kier molecular flexibility index (Phi) is 2.28. The van der Waals surface area contributed by atoms with Gasteiger partial charge in [-0.3, -0.25) is 15.1 Å². The van der Waals surface area contributed by atoms with Gasteiger partial charge in [-0.05, 0) is 13.8 Å². The van der Waals surface area contributed by atoms with Crippen LogP contribution in [0.3, 0.4) is 0 Å². The zero-order valence-electron chi connectivity index (χ0n) is 6.67. The van der Waals surface area contributed by atoms with Crippen molar-refractivity contribution in [3.63, 3.8) is 0 Å². The summed E-state index contributed by atoms with van der Waals surface area (Å²) in [6, 6.07) is 0. The highest BCUT2D eigenvalue weighted by Gasteiger charge is 2.14. The summed E-state index contributed by atoms with van der Waals surface area (Å²) >= 11 is 5.76. The molecule has 12 heavy (non-hydrogen) atoms. The van der Waals surface area contributed by atoms with Crippen LogP contribution < -0.4 is 0 Å². The third-order valence-electron chi connectivity index (χ3n) is 1.61. The van der Waals surface area contributed by atoms with Gasteiger partial charge >= 0.3 is 0 Å². The molecule has 0 fully saturated rings.